The van der Waals surface area contributed by atoms with Crippen LogP contribution in [0.4, 0.5) is 4.39 Å². The fourth-order valence-electron chi connectivity index (χ4n) is 2.57. The Morgan fingerprint density at radius 3 is 2.52 bits per heavy atom. The molecule has 130 valence electrons. The quantitative estimate of drug-likeness (QED) is 0.694. The van der Waals surface area contributed by atoms with E-state index < -0.39 is 6.10 Å². The zero-order chi connectivity index (χ0) is 17.6. The van der Waals surface area contributed by atoms with Crippen LogP contribution in [0.3, 0.4) is 0 Å². The molecule has 0 amide bonds. The largest absolute Gasteiger partial charge is 0.392 e. The first-order valence-electron chi connectivity index (χ1n) is 8.25. The molecular weight excluding hydrogens is 319 g/mol. The van der Waals surface area contributed by atoms with Gasteiger partial charge in [0.05, 0.1) is 12.6 Å². The van der Waals surface area contributed by atoms with E-state index in [1.54, 1.807) is 25.1 Å². The molecule has 1 heterocycles. The van der Waals surface area contributed by atoms with E-state index in [-0.39, 0.29) is 12.4 Å². The average Bonchev–Trinajstić information content (AvgIpc) is 3.00. The number of aliphatic hydroxyl groups is 1. The molecule has 0 radical (unpaired) electrons. The summed E-state index contributed by atoms with van der Waals surface area (Å²) in [5.74, 6) is -0.269. The molecule has 0 bridgehead atoms. The Morgan fingerprint density at radius 1 is 1.08 bits per heavy atom. The van der Waals surface area contributed by atoms with Crippen molar-refractivity contribution in [1.29, 1.82) is 0 Å². The highest BCUT2D eigenvalue weighted by molar-refractivity contribution is 5.60. The Hall–Kier alpha value is -2.57. The van der Waals surface area contributed by atoms with Gasteiger partial charge in [0.25, 0.3) is 0 Å². The number of nitrogens with one attached hydrogen (secondary N) is 1. The summed E-state index contributed by atoms with van der Waals surface area (Å²) in [6.07, 6.45) is -0.436. The number of hydrogen-bond donors (Lipinski definition) is 2. The molecule has 3 aromatic rings. The van der Waals surface area contributed by atoms with E-state index in [1.807, 2.05) is 30.3 Å². The van der Waals surface area contributed by atoms with Gasteiger partial charge in [-0.2, -0.15) is 15.0 Å². The molecule has 0 unspecified atom stereocenters. The third-order valence-electron chi connectivity index (χ3n) is 3.77. The van der Waals surface area contributed by atoms with Crippen LogP contribution in [0.2, 0.25) is 0 Å². The predicted molar refractivity (Wildman–Crippen MR) is 94.3 cm³/mol. The number of halogens is 1. The highest BCUT2D eigenvalue weighted by atomic mass is 19.1. The number of nitrogens with zero attached hydrogens (tertiary/aromatic N) is 3. The molecule has 25 heavy (non-hydrogen) atoms. The van der Waals surface area contributed by atoms with Crippen LogP contribution >= 0.6 is 0 Å². The molecule has 5 nitrogen and oxygen atoms in total. The van der Waals surface area contributed by atoms with Crippen LogP contribution < -0.4 is 5.32 Å². The van der Waals surface area contributed by atoms with Crippen LogP contribution in [0.1, 0.15) is 18.2 Å². The van der Waals surface area contributed by atoms with Gasteiger partial charge in [-0.3, -0.25) is 0 Å². The lowest BCUT2D eigenvalue weighted by Gasteiger charge is -2.05. The van der Waals surface area contributed by atoms with Crippen molar-refractivity contribution in [3.8, 4) is 11.3 Å². The lowest BCUT2D eigenvalue weighted by molar-refractivity contribution is 0.191. The maximum Gasteiger partial charge on any atom is 0.128 e. The van der Waals surface area contributed by atoms with E-state index in [4.69, 9.17) is 0 Å². The summed E-state index contributed by atoms with van der Waals surface area (Å²) in [4.78, 5) is 1.51. The standard InChI is InChI=1S/C19H21FN4O/c1-14(25)11-21-12-18-19(15-7-3-2-4-8-15)23-24(22-18)13-16-9-5-6-10-17(16)20/h2-10,14,21,25H,11-13H2,1H3/t14-/m1/s1. The number of benzene rings is 2. The van der Waals surface area contributed by atoms with E-state index >= 15 is 0 Å². The topological polar surface area (TPSA) is 63.0 Å². The molecular formula is C19H21FN4O. The molecule has 2 N–H and O–H groups in total. The first kappa shape index (κ1) is 17.3. The van der Waals surface area contributed by atoms with Gasteiger partial charge < -0.3 is 10.4 Å². The minimum atomic E-state index is -0.436. The van der Waals surface area contributed by atoms with Gasteiger partial charge in [-0.15, -0.1) is 0 Å². The Labute approximate surface area is 146 Å². The van der Waals surface area contributed by atoms with Gasteiger partial charge in [0.15, 0.2) is 0 Å². The van der Waals surface area contributed by atoms with Crippen LogP contribution in [0.25, 0.3) is 11.3 Å². The van der Waals surface area contributed by atoms with Crippen LogP contribution in [-0.2, 0) is 13.1 Å². The van der Waals surface area contributed by atoms with Crippen molar-refractivity contribution in [2.24, 2.45) is 0 Å². The van der Waals surface area contributed by atoms with Crippen LogP contribution in [-0.4, -0.2) is 32.7 Å². The summed E-state index contributed by atoms with van der Waals surface area (Å²) in [5, 5.41) is 21.6. The van der Waals surface area contributed by atoms with Crippen LogP contribution in [0.15, 0.2) is 54.6 Å². The first-order chi connectivity index (χ1) is 12.1. The molecule has 0 aliphatic heterocycles. The first-order valence-corrected chi connectivity index (χ1v) is 8.25. The van der Waals surface area contributed by atoms with Crippen molar-refractivity contribution in [2.75, 3.05) is 6.54 Å². The normalized spacial score (nSPS) is 12.3. The van der Waals surface area contributed by atoms with Crippen molar-refractivity contribution in [3.63, 3.8) is 0 Å². The lowest BCUT2D eigenvalue weighted by Crippen LogP contribution is -2.24. The van der Waals surface area contributed by atoms with E-state index in [1.165, 1.54) is 10.9 Å². The second kappa shape index (κ2) is 8.00. The van der Waals surface area contributed by atoms with Gasteiger partial charge in [-0.25, -0.2) is 4.39 Å². The summed E-state index contributed by atoms with van der Waals surface area (Å²) in [5.41, 5.74) is 3.02. The fraction of sp³-hybridized carbons (Fsp3) is 0.263. The molecule has 0 saturated heterocycles. The lowest BCUT2D eigenvalue weighted by atomic mass is 10.1. The van der Waals surface area contributed by atoms with Crippen molar-refractivity contribution in [1.82, 2.24) is 20.3 Å². The molecule has 6 heteroatoms. The van der Waals surface area contributed by atoms with E-state index in [0.29, 0.717) is 18.7 Å². The third kappa shape index (κ3) is 4.49. The molecule has 1 aromatic heterocycles. The molecule has 0 spiro atoms. The smallest absolute Gasteiger partial charge is 0.128 e. The Morgan fingerprint density at radius 2 is 1.80 bits per heavy atom. The highest BCUT2D eigenvalue weighted by Gasteiger charge is 2.14. The van der Waals surface area contributed by atoms with Crippen molar-refractivity contribution < 1.29 is 9.50 Å². The zero-order valence-corrected chi connectivity index (χ0v) is 14.1. The Balaban J connectivity index is 1.87. The minimum Gasteiger partial charge on any atom is -0.392 e. The van der Waals surface area contributed by atoms with Gasteiger partial charge >= 0.3 is 0 Å². The second-order valence-corrected chi connectivity index (χ2v) is 5.96. The van der Waals surface area contributed by atoms with Gasteiger partial charge in [-0.1, -0.05) is 48.5 Å². The Bertz CT molecular complexity index is 817. The van der Waals surface area contributed by atoms with Gasteiger partial charge in [-0.05, 0) is 13.0 Å². The van der Waals surface area contributed by atoms with Gasteiger partial charge in [0, 0.05) is 24.2 Å². The summed E-state index contributed by atoms with van der Waals surface area (Å²) in [6.45, 7) is 2.93. The molecule has 0 aliphatic rings. The summed E-state index contributed by atoms with van der Waals surface area (Å²) in [7, 11) is 0. The van der Waals surface area contributed by atoms with Gasteiger partial charge in [0.2, 0.25) is 0 Å². The second-order valence-electron chi connectivity index (χ2n) is 5.96. The maximum atomic E-state index is 13.9. The molecule has 0 aliphatic carbocycles. The van der Waals surface area contributed by atoms with Crippen molar-refractivity contribution in [3.05, 3.63) is 71.7 Å². The molecule has 3 rings (SSSR count). The zero-order valence-electron chi connectivity index (χ0n) is 14.1. The summed E-state index contributed by atoms with van der Waals surface area (Å²) in [6, 6.07) is 16.4. The predicted octanol–water partition coefficient (Wildman–Crippen LogP) is 2.60. The van der Waals surface area contributed by atoms with E-state index in [0.717, 1.165) is 17.0 Å². The monoisotopic (exact) mass is 340 g/mol. The summed E-state index contributed by atoms with van der Waals surface area (Å²) >= 11 is 0. The minimum absolute atomic E-state index is 0.267. The molecule has 1 atom stereocenters. The van der Waals surface area contributed by atoms with E-state index in [9.17, 15) is 9.50 Å². The third-order valence-corrected chi connectivity index (χ3v) is 3.77. The maximum absolute atomic E-state index is 13.9. The number of rotatable bonds is 7. The van der Waals surface area contributed by atoms with E-state index in [2.05, 4.69) is 15.5 Å². The fourth-order valence-corrected chi connectivity index (χ4v) is 2.57. The van der Waals surface area contributed by atoms with Crippen molar-refractivity contribution in [2.45, 2.75) is 26.1 Å². The molecule has 2 aromatic carbocycles. The van der Waals surface area contributed by atoms with Crippen LogP contribution in [0.5, 0.6) is 0 Å². The van der Waals surface area contributed by atoms with Crippen molar-refractivity contribution >= 4 is 0 Å². The highest BCUT2D eigenvalue weighted by Crippen LogP contribution is 2.20. The molecule has 0 saturated carbocycles. The number of aliphatic hydroxyl groups excluding tert-OH is 1. The Kier molecular flexibility index (Phi) is 5.53. The molecule has 0 fully saturated rings. The average molecular weight is 340 g/mol. The van der Waals surface area contributed by atoms with Crippen LogP contribution in [0, 0.1) is 5.82 Å². The SMILES string of the molecule is C[C@@H](O)CNCc1nn(Cc2ccccc2F)nc1-c1ccccc1. The summed E-state index contributed by atoms with van der Waals surface area (Å²) < 4.78 is 13.9. The number of hydrogen-bond acceptors (Lipinski definition) is 4. The number of aromatic nitrogens is 3. The van der Waals surface area contributed by atoms with Gasteiger partial charge in [0.1, 0.15) is 17.2 Å².